The Morgan fingerprint density at radius 1 is 1.24 bits per heavy atom. The summed E-state index contributed by atoms with van der Waals surface area (Å²) in [6.07, 6.45) is 6.60. The first-order chi connectivity index (χ1) is 12.2. The lowest BCUT2D eigenvalue weighted by Gasteiger charge is -2.26. The highest BCUT2D eigenvalue weighted by Gasteiger charge is 2.17. The maximum Gasteiger partial charge on any atom is 0.321 e. The predicted octanol–water partition coefficient (Wildman–Crippen LogP) is 1.96. The van der Waals surface area contributed by atoms with Crippen molar-refractivity contribution in [2.75, 3.05) is 25.1 Å². The van der Waals surface area contributed by atoms with Crippen LogP contribution in [0.2, 0.25) is 0 Å². The average molecular weight is 407 g/mol. The Morgan fingerprint density at radius 3 is 2.76 bits per heavy atom. The van der Waals surface area contributed by atoms with Crippen molar-refractivity contribution in [1.29, 1.82) is 0 Å². The molecule has 0 atom stereocenters. The quantitative estimate of drug-likeness (QED) is 0.810. The molecule has 1 saturated heterocycles. The average Bonchev–Trinajstić information content (AvgIpc) is 2.66. The van der Waals surface area contributed by atoms with E-state index >= 15 is 0 Å². The zero-order valence-electron chi connectivity index (χ0n) is 13.9. The van der Waals surface area contributed by atoms with Crippen LogP contribution < -0.4 is 15.0 Å². The van der Waals surface area contributed by atoms with Gasteiger partial charge in [0.15, 0.2) is 5.82 Å². The second-order valence-corrected chi connectivity index (χ2v) is 6.58. The van der Waals surface area contributed by atoms with Gasteiger partial charge in [0.05, 0.1) is 19.2 Å². The van der Waals surface area contributed by atoms with Gasteiger partial charge in [-0.15, -0.1) is 0 Å². The third-order valence-corrected chi connectivity index (χ3v) is 4.28. The molecular weight excluding hydrogens is 388 g/mol. The van der Waals surface area contributed by atoms with Crippen LogP contribution >= 0.6 is 15.9 Å². The van der Waals surface area contributed by atoms with Gasteiger partial charge in [0.1, 0.15) is 0 Å². The molecule has 0 aromatic carbocycles. The lowest BCUT2D eigenvalue weighted by atomic mass is 10.1. The number of piperidine rings is 1. The number of ether oxygens (including phenoxy) is 1. The van der Waals surface area contributed by atoms with Crippen molar-refractivity contribution in [2.24, 2.45) is 0 Å². The summed E-state index contributed by atoms with van der Waals surface area (Å²) in [6, 6.07) is 1.96. The van der Waals surface area contributed by atoms with Crippen molar-refractivity contribution in [2.45, 2.75) is 25.8 Å². The molecule has 0 spiro atoms. The molecular formula is C16H19BrN6O2. The second kappa shape index (κ2) is 8.19. The van der Waals surface area contributed by atoms with Gasteiger partial charge in [0.2, 0.25) is 5.95 Å². The molecule has 1 fully saturated rings. The standard InChI is InChI=1S/C16H19BrN6O2/c1-25-16-21-13(20-15(22-16)23-5-3-2-4-6-23)10-19-14(24)11-7-12(17)9-18-8-11/h7-9H,2-6,10H2,1H3,(H,19,24). The van der Waals surface area contributed by atoms with E-state index in [4.69, 9.17) is 4.74 Å². The molecule has 0 aliphatic carbocycles. The minimum atomic E-state index is -0.243. The normalized spacial score (nSPS) is 14.2. The smallest absolute Gasteiger partial charge is 0.321 e. The molecule has 0 bridgehead atoms. The minimum absolute atomic E-state index is 0.186. The first-order valence-electron chi connectivity index (χ1n) is 8.08. The summed E-state index contributed by atoms with van der Waals surface area (Å²) in [7, 11) is 1.52. The Labute approximate surface area is 154 Å². The number of carbonyl (C=O) groups is 1. The van der Waals surface area contributed by atoms with Crippen LogP contribution in [-0.2, 0) is 6.54 Å². The molecule has 1 aliphatic heterocycles. The summed E-state index contributed by atoms with van der Waals surface area (Å²) in [5.74, 6) is 0.816. The summed E-state index contributed by atoms with van der Waals surface area (Å²) in [5, 5.41) is 2.80. The van der Waals surface area contributed by atoms with Crippen LogP contribution in [0.3, 0.4) is 0 Å². The zero-order chi connectivity index (χ0) is 17.6. The van der Waals surface area contributed by atoms with Gasteiger partial charge in [-0.2, -0.15) is 15.0 Å². The van der Waals surface area contributed by atoms with Gasteiger partial charge in [-0.05, 0) is 41.3 Å². The van der Waals surface area contributed by atoms with E-state index in [2.05, 4.69) is 46.1 Å². The van der Waals surface area contributed by atoms with Gasteiger partial charge in [-0.25, -0.2) is 0 Å². The fourth-order valence-corrected chi connectivity index (χ4v) is 2.95. The van der Waals surface area contributed by atoms with Crippen molar-refractivity contribution >= 4 is 27.8 Å². The Morgan fingerprint density at radius 2 is 2.04 bits per heavy atom. The fourth-order valence-electron chi connectivity index (χ4n) is 2.59. The molecule has 0 radical (unpaired) electrons. The monoisotopic (exact) mass is 406 g/mol. The number of aromatic nitrogens is 4. The highest BCUT2D eigenvalue weighted by atomic mass is 79.9. The van der Waals surface area contributed by atoms with E-state index in [9.17, 15) is 4.79 Å². The van der Waals surface area contributed by atoms with Crippen molar-refractivity contribution < 1.29 is 9.53 Å². The summed E-state index contributed by atoms with van der Waals surface area (Å²) >= 11 is 3.30. The van der Waals surface area contributed by atoms with Gasteiger partial charge < -0.3 is 15.0 Å². The molecule has 3 rings (SSSR count). The second-order valence-electron chi connectivity index (χ2n) is 5.66. The Hall–Kier alpha value is -2.29. The van der Waals surface area contributed by atoms with E-state index in [0.29, 0.717) is 17.3 Å². The number of pyridine rings is 1. The Kier molecular flexibility index (Phi) is 5.75. The molecule has 1 aliphatic rings. The third-order valence-electron chi connectivity index (χ3n) is 3.85. The highest BCUT2D eigenvalue weighted by molar-refractivity contribution is 9.10. The minimum Gasteiger partial charge on any atom is -0.467 e. The number of carbonyl (C=O) groups excluding carboxylic acids is 1. The van der Waals surface area contributed by atoms with Crippen LogP contribution in [-0.4, -0.2) is 46.0 Å². The number of halogens is 1. The lowest BCUT2D eigenvalue weighted by molar-refractivity contribution is 0.0949. The molecule has 1 N–H and O–H groups in total. The number of hydrogen-bond acceptors (Lipinski definition) is 7. The van der Waals surface area contributed by atoms with Crippen molar-refractivity contribution in [3.63, 3.8) is 0 Å². The molecule has 8 nitrogen and oxygen atoms in total. The van der Waals surface area contributed by atoms with Crippen molar-refractivity contribution in [3.05, 3.63) is 34.3 Å². The van der Waals surface area contributed by atoms with Crippen LogP contribution in [0.15, 0.2) is 22.9 Å². The summed E-state index contributed by atoms with van der Waals surface area (Å²) in [6.45, 7) is 2.02. The molecule has 2 aromatic heterocycles. The maximum atomic E-state index is 12.2. The predicted molar refractivity (Wildman–Crippen MR) is 95.6 cm³/mol. The SMILES string of the molecule is COc1nc(CNC(=O)c2cncc(Br)c2)nc(N2CCCCC2)n1. The van der Waals surface area contributed by atoms with Crippen LogP contribution in [0.1, 0.15) is 35.4 Å². The van der Waals surface area contributed by atoms with E-state index in [0.717, 1.165) is 30.4 Å². The molecule has 0 unspecified atom stereocenters. The highest BCUT2D eigenvalue weighted by Crippen LogP contribution is 2.17. The number of methoxy groups -OCH3 is 1. The number of rotatable bonds is 5. The lowest BCUT2D eigenvalue weighted by Crippen LogP contribution is -2.32. The number of anilines is 1. The molecule has 1 amide bonds. The number of nitrogens with one attached hydrogen (secondary N) is 1. The molecule has 2 aromatic rings. The van der Waals surface area contributed by atoms with E-state index in [1.807, 2.05) is 0 Å². The van der Waals surface area contributed by atoms with Gasteiger partial charge in [0.25, 0.3) is 5.91 Å². The maximum absolute atomic E-state index is 12.2. The van der Waals surface area contributed by atoms with E-state index < -0.39 is 0 Å². The molecule has 0 saturated carbocycles. The van der Waals surface area contributed by atoms with Gasteiger partial charge in [0, 0.05) is 30.0 Å². The number of amides is 1. The summed E-state index contributed by atoms with van der Waals surface area (Å²) in [4.78, 5) is 31.4. The summed E-state index contributed by atoms with van der Waals surface area (Å²) < 4.78 is 5.92. The fraction of sp³-hybridized carbons (Fsp3) is 0.438. The van der Waals surface area contributed by atoms with Crippen molar-refractivity contribution in [3.8, 4) is 6.01 Å². The first kappa shape index (κ1) is 17.5. The number of nitrogens with zero attached hydrogens (tertiary/aromatic N) is 5. The van der Waals surface area contributed by atoms with Crippen LogP contribution in [0.5, 0.6) is 6.01 Å². The molecule has 3 heterocycles. The van der Waals surface area contributed by atoms with Gasteiger partial charge >= 0.3 is 6.01 Å². The van der Waals surface area contributed by atoms with Crippen LogP contribution in [0.4, 0.5) is 5.95 Å². The third kappa shape index (κ3) is 4.62. The zero-order valence-corrected chi connectivity index (χ0v) is 15.5. The first-order valence-corrected chi connectivity index (χ1v) is 8.87. The van der Waals surface area contributed by atoms with Crippen LogP contribution in [0, 0.1) is 0 Å². The van der Waals surface area contributed by atoms with Gasteiger partial charge in [-0.1, -0.05) is 0 Å². The van der Waals surface area contributed by atoms with Crippen LogP contribution in [0.25, 0.3) is 0 Å². The molecule has 25 heavy (non-hydrogen) atoms. The topological polar surface area (TPSA) is 93.1 Å². The Bertz CT molecular complexity index is 751. The van der Waals surface area contributed by atoms with E-state index in [1.165, 1.54) is 19.7 Å². The summed E-state index contributed by atoms with van der Waals surface area (Å²) in [5.41, 5.74) is 0.464. The molecule has 132 valence electrons. The van der Waals surface area contributed by atoms with Crippen molar-refractivity contribution in [1.82, 2.24) is 25.3 Å². The molecule has 9 heteroatoms. The van der Waals surface area contributed by atoms with E-state index in [-0.39, 0.29) is 18.5 Å². The number of hydrogen-bond donors (Lipinski definition) is 1. The Balaban J connectivity index is 1.71. The van der Waals surface area contributed by atoms with E-state index in [1.54, 1.807) is 12.3 Å². The van der Waals surface area contributed by atoms with Gasteiger partial charge in [-0.3, -0.25) is 9.78 Å². The largest absolute Gasteiger partial charge is 0.467 e.